The van der Waals surface area contributed by atoms with Crippen molar-refractivity contribution in [1.82, 2.24) is 0 Å². The van der Waals surface area contributed by atoms with Crippen molar-refractivity contribution in [2.75, 3.05) is 0 Å². The SMILES string of the molecule is C=C1CC[C@@]2(C)[C@H](CCC=C(C)C)[C@@H](OC(C)=O)CC[C@]2(C)[C@@H]1Cc1c(O)c(C)c(C)oc1=O. The smallest absolute Gasteiger partial charge is 0.342 e. The molecule has 5 nitrogen and oxygen atoms in total. The topological polar surface area (TPSA) is 76.7 Å². The predicted octanol–water partition coefficient (Wildman–Crippen LogP) is 6.57. The fraction of sp³-hybridized carbons (Fsp3) is 0.655. The van der Waals surface area contributed by atoms with Crippen molar-refractivity contribution in [3.8, 4) is 5.75 Å². The average molecular weight is 471 g/mol. The Morgan fingerprint density at radius 3 is 2.50 bits per heavy atom. The van der Waals surface area contributed by atoms with Gasteiger partial charge in [-0.2, -0.15) is 0 Å². The molecule has 0 spiro atoms. The molecule has 3 rings (SSSR count). The largest absolute Gasteiger partial charge is 0.507 e. The molecule has 5 heteroatoms. The minimum Gasteiger partial charge on any atom is -0.507 e. The summed E-state index contributed by atoms with van der Waals surface area (Å²) in [5.41, 5.74) is 2.68. The summed E-state index contributed by atoms with van der Waals surface area (Å²) in [5, 5.41) is 10.8. The number of ether oxygens (including phenoxy) is 1. The monoisotopic (exact) mass is 470 g/mol. The Morgan fingerprint density at radius 1 is 1.21 bits per heavy atom. The van der Waals surface area contributed by atoms with Crippen LogP contribution in [0.1, 0.15) is 90.0 Å². The number of aryl methyl sites for hydroxylation is 1. The van der Waals surface area contributed by atoms with Crippen LogP contribution < -0.4 is 5.63 Å². The summed E-state index contributed by atoms with van der Waals surface area (Å²) in [6.07, 6.45) is 7.98. The molecule has 188 valence electrons. The normalized spacial score (nSPS) is 31.0. The summed E-state index contributed by atoms with van der Waals surface area (Å²) in [6, 6.07) is 0. The molecule has 1 heterocycles. The first-order chi connectivity index (χ1) is 15.8. The highest BCUT2D eigenvalue weighted by Gasteiger charge is 2.60. The molecule has 2 fully saturated rings. The van der Waals surface area contributed by atoms with Crippen molar-refractivity contribution in [1.29, 1.82) is 0 Å². The highest BCUT2D eigenvalue weighted by Crippen LogP contribution is 2.66. The summed E-state index contributed by atoms with van der Waals surface area (Å²) in [7, 11) is 0. The van der Waals surface area contributed by atoms with Gasteiger partial charge >= 0.3 is 11.6 Å². The first-order valence-electron chi connectivity index (χ1n) is 12.6. The van der Waals surface area contributed by atoms with Crippen LogP contribution in [0.3, 0.4) is 0 Å². The molecule has 0 bridgehead atoms. The predicted molar refractivity (Wildman–Crippen MR) is 135 cm³/mol. The van der Waals surface area contributed by atoms with Crippen molar-refractivity contribution in [3.63, 3.8) is 0 Å². The van der Waals surface area contributed by atoms with E-state index in [1.807, 2.05) is 0 Å². The molecule has 5 atom stereocenters. The lowest BCUT2D eigenvalue weighted by atomic mass is 9.42. The van der Waals surface area contributed by atoms with E-state index < -0.39 is 5.63 Å². The van der Waals surface area contributed by atoms with Gasteiger partial charge in [0.15, 0.2) is 0 Å². The molecular weight excluding hydrogens is 428 g/mol. The van der Waals surface area contributed by atoms with Gasteiger partial charge in [-0.3, -0.25) is 4.79 Å². The fourth-order valence-corrected chi connectivity index (χ4v) is 6.78. The van der Waals surface area contributed by atoms with Crippen LogP contribution >= 0.6 is 0 Å². The van der Waals surface area contributed by atoms with Gasteiger partial charge in [-0.25, -0.2) is 4.79 Å². The number of esters is 1. The third-order valence-electron chi connectivity index (χ3n) is 9.16. The average Bonchev–Trinajstić information content (AvgIpc) is 2.74. The van der Waals surface area contributed by atoms with E-state index in [1.54, 1.807) is 13.8 Å². The molecule has 2 aliphatic rings. The zero-order valence-corrected chi connectivity index (χ0v) is 22.0. The van der Waals surface area contributed by atoms with Gasteiger partial charge in [0.1, 0.15) is 17.6 Å². The summed E-state index contributed by atoms with van der Waals surface area (Å²) < 4.78 is 11.3. The van der Waals surface area contributed by atoms with Gasteiger partial charge in [0, 0.05) is 18.4 Å². The molecule has 2 aliphatic carbocycles. The van der Waals surface area contributed by atoms with E-state index in [9.17, 15) is 14.7 Å². The van der Waals surface area contributed by atoms with Crippen LogP contribution in [-0.4, -0.2) is 17.2 Å². The van der Waals surface area contributed by atoms with Gasteiger partial charge in [0.05, 0.1) is 5.56 Å². The lowest BCUT2D eigenvalue weighted by Crippen LogP contribution is -2.58. The van der Waals surface area contributed by atoms with Gasteiger partial charge in [0.2, 0.25) is 0 Å². The number of rotatable bonds is 6. The molecule has 1 aromatic rings. The molecule has 0 saturated heterocycles. The van der Waals surface area contributed by atoms with Crippen LogP contribution in [0.5, 0.6) is 5.75 Å². The number of carbonyl (C=O) groups is 1. The van der Waals surface area contributed by atoms with Crippen LogP contribution in [0.15, 0.2) is 33.0 Å². The number of allylic oxidation sites excluding steroid dienone is 3. The molecule has 0 aliphatic heterocycles. The standard InChI is InChI=1S/C29H42O5/c1-17(2)10-9-11-23-25(34-21(6)30)13-15-29(8)24(18(3)12-14-28(23,29)7)16-22-26(31)19(4)20(5)33-27(22)32/h10,23-25,31H,3,9,11-16H2,1-2,4-8H3/t23-,24-,25+,28+,29-/m1/s1. The Labute approximate surface area is 204 Å². The molecule has 34 heavy (non-hydrogen) atoms. The van der Waals surface area contributed by atoms with Gasteiger partial charge in [-0.05, 0) is 89.4 Å². The second kappa shape index (κ2) is 9.75. The maximum atomic E-state index is 12.8. The number of hydrogen-bond acceptors (Lipinski definition) is 5. The van der Waals surface area contributed by atoms with E-state index in [2.05, 4.69) is 40.3 Å². The number of fused-ring (bicyclic) bond motifs is 1. The van der Waals surface area contributed by atoms with E-state index in [0.717, 1.165) is 44.1 Å². The summed E-state index contributed by atoms with van der Waals surface area (Å²) in [5.74, 6) is 0.522. The minimum absolute atomic E-state index is 0.0337. The molecule has 0 amide bonds. The van der Waals surface area contributed by atoms with Crippen molar-refractivity contribution in [3.05, 3.63) is 51.1 Å². The van der Waals surface area contributed by atoms with E-state index in [4.69, 9.17) is 9.15 Å². The quantitative estimate of drug-likeness (QED) is 0.376. The van der Waals surface area contributed by atoms with Crippen molar-refractivity contribution < 1.29 is 19.1 Å². The van der Waals surface area contributed by atoms with Crippen molar-refractivity contribution >= 4 is 5.97 Å². The van der Waals surface area contributed by atoms with Crippen LogP contribution in [0, 0.1) is 36.5 Å². The van der Waals surface area contributed by atoms with Gasteiger partial charge in [-0.1, -0.05) is 37.6 Å². The number of hydrogen-bond donors (Lipinski definition) is 1. The third-order valence-corrected chi connectivity index (χ3v) is 9.16. The summed E-state index contributed by atoms with van der Waals surface area (Å²) >= 11 is 0. The molecule has 2 saturated carbocycles. The second-order valence-electron chi connectivity index (χ2n) is 11.3. The summed E-state index contributed by atoms with van der Waals surface area (Å²) in [6.45, 7) is 18.3. The van der Waals surface area contributed by atoms with E-state index in [1.165, 1.54) is 12.5 Å². The first-order valence-corrected chi connectivity index (χ1v) is 12.6. The van der Waals surface area contributed by atoms with E-state index >= 15 is 0 Å². The fourth-order valence-electron chi connectivity index (χ4n) is 6.78. The highest BCUT2D eigenvalue weighted by molar-refractivity contribution is 5.66. The maximum Gasteiger partial charge on any atom is 0.342 e. The van der Waals surface area contributed by atoms with Crippen molar-refractivity contribution in [2.45, 2.75) is 99.5 Å². The van der Waals surface area contributed by atoms with Gasteiger partial charge in [-0.15, -0.1) is 0 Å². The molecular formula is C29H42O5. The minimum atomic E-state index is -0.460. The van der Waals surface area contributed by atoms with Crippen LogP contribution in [0.25, 0.3) is 0 Å². The third kappa shape index (κ3) is 4.63. The Bertz CT molecular complexity index is 1040. The van der Waals surface area contributed by atoms with E-state index in [0.29, 0.717) is 23.3 Å². The Hall–Kier alpha value is -2.30. The molecule has 1 aromatic heterocycles. The van der Waals surface area contributed by atoms with Crippen molar-refractivity contribution in [2.24, 2.45) is 22.7 Å². The number of aromatic hydroxyl groups is 1. The summed E-state index contributed by atoms with van der Waals surface area (Å²) in [4.78, 5) is 24.7. The van der Waals surface area contributed by atoms with Gasteiger partial charge < -0.3 is 14.3 Å². The van der Waals surface area contributed by atoms with E-state index in [-0.39, 0.29) is 40.5 Å². The Balaban J connectivity index is 2.03. The highest BCUT2D eigenvalue weighted by atomic mass is 16.5. The van der Waals surface area contributed by atoms with Crippen LogP contribution in [0.2, 0.25) is 0 Å². The second-order valence-corrected chi connectivity index (χ2v) is 11.3. The number of carbonyl (C=O) groups excluding carboxylic acids is 1. The molecule has 0 unspecified atom stereocenters. The lowest BCUT2D eigenvalue weighted by Gasteiger charge is -2.63. The maximum absolute atomic E-state index is 12.8. The Kier molecular flexibility index (Phi) is 7.54. The molecule has 0 aromatic carbocycles. The molecule has 0 radical (unpaired) electrons. The van der Waals surface area contributed by atoms with Crippen LogP contribution in [0.4, 0.5) is 0 Å². The zero-order chi connectivity index (χ0) is 25.4. The molecule has 1 N–H and O–H groups in total. The van der Waals surface area contributed by atoms with Gasteiger partial charge in [0.25, 0.3) is 0 Å². The zero-order valence-electron chi connectivity index (χ0n) is 22.0. The Morgan fingerprint density at radius 2 is 1.88 bits per heavy atom. The lowest BCUT2D eigenvalue weighted by molar-refractivity contribution is -0.178. The van der Waals surface area contributed by atoms with Crippen LogP contribution in [-0.2, 0) is 16.0 Å². The first kappa shape index (κ1) is 26.3.